The van der Waals surface area contributed by atoms with Crippen molar-refractivity contribution in [1.82, 2.24) is 30.0 Å². The average molecular weight is 394 g/mol. The van der Waals surface area contributed by atoms with E-state index in [0.717, 1.165) is 24.6 Å². The summed E-state index contributed by atoms with van der Waals surface area (Å²) in [4.78, 5) is 25.5. The third-order valence-corrected chi connectivity index (χ3v) is 6.17. The predicted molar refractivity (Wildman–Crippen MR) is 111 cm³/mol. The number of nitrogens with one attached hydrogen (secondary N) is 2. The highest BCUT2D eigenvalue weighted by Gasteiger charge is 2.58. The van der Waals surface area contributed by atoms with E-state index in [0.29, 0.717) is 19.0 Å². The Kier molecular flexibility index (Phi) is 4.57. The molecule has 0 radical (unpaired) electrons. The monoisotopic (exact) mass is 394 g/mol. The van der Waals surface area contributed by atoms with Crippen LogP contribution in [0.25, 0.3) is 0 Å². The molecule has 0 aliphatic carbocycles. The minimum Gasteiger partial charge on any atom is -0.355 e. The molecule has 2 aromatic rings. The lowest BCUT2D eigenvalue weighted by Gasteiger charge is -2.29. The first-order valence-electron chi connectivity index (χ1n) is 9.62. The number of likely N-dealkylation sites (tertiary alicyclic amines) is 1. The van der Waals surface area contributed by atoms with Gasteiger partial charge in [0.05, 0.1) is 18.4 Å². The molecule has 0 saturated carbocycles. The third kappa shape index (κ3) is 3.46. The number of urea groups is 1. The van der Waals surface area contributed by atoms with Crippen LogP contribution in [0, 0.1) is 23.2 Å². The molecule has 2 aliphatic rings. The first-order valence-corrected chi connectivity index (χ1v) is 9.62. The number of carbonyl (C=O) groups excluding carboxylic acids is 1. The quantitative estimate of drug-likeness (QED) is 0.763. The molecule has 0 unspecified atom stereocenters. The topological polar surface area (TPSA) is 91.2 Å². The summed E-state index contributed by atoms with van der Waals surface area (Å²) in [6.45, 7) is 7.79. The summed E-state index contributed by atoms with van der Waals surface area (Å²) in [5, 5.41) is 10.1. The van der Waals surface area contributed by atoms with Crippen LogP contribution >= 0.6 is 0 Å². The summed E-state index contributed by atoms with van der Waals surface area (Å²) < 4.78 is 1.72. The highest BCUT2D eigenvalue weighted by Crippen LogP contribution is 2.52. The van der Waals surface area contributed by atoms with Gasteiger partial charge in [-0.3, -0.25) is 4.68 Å². The molecule has 29 heavy (non-hydrogen) atoms. The van der Waals surface area contributed by atoms with Crippen LogP contribution in [0.1, 0.15) is 13.8 Å². The lowest BCUT2D eigenvalue weighted by atomic mass is 9.71. The molecule has 2 fully saturated rings. The van der Waals surface area contributed by atoms with Gasteiger partial charge in [-0.25, -0.2) is 9.78 Å². The van der Waals surface area contributed by atoms with Crippen molar-refractivity contribution in [1.29, 1.82) is 0 Å². The highest BCUT2D eigenvalue weighted by molar-refractivity contribution is 5.75. The van der Waals surface area contributed by atoms with Gasteiger partial charge in [0.1, 0.15) is 5.82 Å². The molecular weight excluding hydrogens is 368 g/mol. The maximum Gasteiger partial charge on any atom is 0.318 e. The van der Waals surface area contributed by atoms with Gasteiger partial charge in [-0.15, -0.1) is 6.42 Å². The van der Waals surface area contributed by atoms with Crippen LogP contribution in [0.4, 0.5) is 22.2 Å². The highest BCUT2D eigenvalue weighted by atomic mass is 16.2. The van der Waals surface area contributed by atoms with Crippen LogP contribution in [-0.4, -0.2) is 63.4 Å². The smallest absolute Gasteiger partial charge is 0.318 e. The van der Waals surface area contributed by atoms with Gasteiger partial charge in [-0.05, 0) is 6.07 Å². The molecule has 0 bridgehead atoms. The number of terminal acetylenes is 1. The Morgan fingerprint density at radius 3 is 2.62 bits per heavy atom. The summed E-state index contributed by atoms with van der Waals surface area (Å²) >= 11 is 0. The second-order valence-electron chi connectivity index (χ2n) is 8.46. The molecular formula is C20H26N8O. The molecule has 2 atom stereocenters. The molecule has 4 rings (SSSR count). The van der Waals surface area contributed by atoms with Crippen LogP contribution in [0.5, 0.6) is 0 Å². The normalized spacial score (nSPS) is 25.6. The van der Waals surface area contributed by atoms with Crippen molar-refractivity contribution in [3.05, 3.63) is 24.7 Å². The van der Waals surface area contributed by atoms with Gasteiger partial charge in [0.15, 0.2) is 0 Å². The molecule has 9 heteroatoms. The first kappa shape index (κ1) is 19.1. The number of amides is 2. The van der Waals surface area contributed by atoms with Crippen molar-refractivity contribution in [2.75, 3.05) is 42.9 Å². The summed E-state index contributed by atoms with van der Waals surface area (Å²) in [5.74, 6) is 3.87. The minimum absolute atomic E-state index is 0.0254. The van der Waals surface area contributed by atoms with E-state index >= 15 is 0 Å². The Balaban J connectivity index is 1.47. The number of aryl methyl sites for hydroxylation is 1. The van der Waals surface area contributed by atoms with Gasteiger partial charge in [0.2, 0.25) is 5.95 Å². The Hall–Kier alpha value is -3.28. The van der Waals surface area contributed by atoms with Gasteiger partial charge in [0.25, 0.3) is 0 Å². The van der Waals surface area contributed by atoms with E-state index in [2.05, 4.69) is 45.4 Å². The fourth-order valence-electron chi connectivity index (χ4n) is 4.40. The Morgan fingerprint density at radius 2 is 2.00 bits per heavy atom. The number of carbonyl (C=O) groups is 1. The van der Waals surface area contributed by atoms with Crippen molar-refractivity contribution in [2.45, 2.75) is 13.8 Å². The number of hydrogen-bond acceptors (Lipinski definition) is 6. The Bertz CT molecular complexity index is 945. The van der Waals surface area contributed by atoms with Gasteiger partial charge in [-0.2, -0.15) is 10.1 Å². The molecule has 152 valence electrons. The van der Waals surface area contributed by atoms with Crippen LogP contribution < -0.4 is 15.5 Å². The molecule has 0 spiro atoms. The second kappa shape index (κ2) is 6.95. The van der Waals surface area contributed by atoms with Crippen molar-refractivity contribution >= 4 is 23.5 Å². The number of aromatic nitrogens is 4. The fourth-order valence-corrected chi connectivity index (χ4v) is 4.40. The predicted octanol–water partition coefficient (Wildman–Crippen LogP) is 1.44. The number of anilines is 3. The van der Waals surface area contributed by atoms with Crippen molar-refractivity contribution < 1.29 is 4.79 Å². The number of hydrogen-bond donors (Lipinski definition) is 2. The maximum absolute atomic E-state index is 12.4. The Morgan fingerprint density at radius 1 is 1.28 bits per heavy atom. The van der Waals surface area contributed by atoms with Crippen molar-refractivity contribution in [2.24, 2.45) is 17.9 Å². The second-order valence-corrected chi connectivity index (χ2v) is 8.46. The summed E-state index contributed by atoms with van der Waals surface area (Å²) in [7, 11) is 1.86. The SMILES string of the molecule is C#CCNC(=O)N1C[C@@]2(C)CN(c3ccnc(Nc4cnn(C)c4)n3)C[C@@]2(C)C1. The number of fused-ring (bicyclic) bond motifs is 1. The van der Waals surface area contributed by atoms with E-state index in [-0.39, 0.29) is 23.4 Å². The number of rotatable bonds is 4. The van der Waals surface area contributed by atoms with E-state index in [4.69, 9.17) is 11.4 Å². The molecule has 0 aromatic carbocycles. The molecule has 2 saturated heterocycles. The molecule has 9 nitrogen and oxygen atoms in total. The zero-order valence-electron chi connectivity index (χ0n) is 17.0. The van der Waals surface area contributed by atoms with E-state index in [1.54, 1.807) is 17.1 Å². The summed E-state index contributed by atoms with van der Waals surface area (Å²) in [6.07, 6.45) is 10.6. The lowest BCUT2D eigenvalue weighted by molar-refractivity contribution is 0.203. The Labute approximate surface area is 170 Å². The van der Waals surface area contributed by atoms with Crippen LogP contribution in [0.2, 0.25) is 0 Å². The average Bonchev–Trinajstić information content (AvgIpc) is 3.27. The molecule has 4 heterocycles. The van der Waals surface area contributed by atoms with Crippen LogP contribution in [0.3, 0.4) is 0 Å². The zero-order valence-corrected chi connectivity index (χ0v) is 17.0. The lowest BCUT2D eigenvalue weighted by Crippen LogP contribution is -2.42. The molecule has 2 aromatic heterocycles. The van der Waals surface area contributed by atoms with Crippen LogP contribution in [-0.2, 0) is 7.05 Å². The van der Waals surface area contributed by atoms with Gasteiger partial charge < -0.3 is 20.4 Å². The summed E-state index contributed by atoms with van der Waals surface area (Å²) in [5.41, 5.74) is 0.792. The first-order chi connectivity index (χ1) is 13.8. The molecule has 2 N–H and O–H groups in total. The van der Waals surface area contributed by atoms with Crippen molar-refractivity contribution in [3.63, 3.8) is 0 Å². The van der Waals surface area contributed by atoms with E-state index in [1.165, 1.54) is 0 Å². The summed E-state index contributed by atoms with van der Waals surface area (Å²) in [6, 6.07) is 1.84. The third-order valence-electron chi connectivity index (χ3n) is 6.17. The molecule has 2 aliphatic heterocycles. The maximum atomic E-state index is 12.4. The molecule has 2 amide bonds. The fraction of sp³-hybridized carbons (Fsp3) is 0.500. The number of nitrogens with zero attached hydrogens (tertiary/aromatic N) is 6. The van der Waals surface area contributed by atoms with Gasteiger partial charge in [-0.1, -0.05) is 19.8 Å². The standard InChI is InChI=1S/C20H26N8O/c1-5-7-22-18(29)28-13-19(2)11-27(12-20(19,3)14-28)16-6-8-21-17(25-16)24-15-9-23-26(4)10-15/h1,6,8-10H,7,11-14H2,2-4H3,(H,22,29)(H,21,24,25)/t19-,20+. The van der Waals surface area contributed by atoms with Crippen molar-refractivity contribution in [3.8, 4) is 12.3 Å². The zero-order chi connectivity index (χ0) is 20.6. The van der Waals surface area contributed by atoms with E-state index in [9.17, 15) is 4.79 Å². The van der Waals surface area contributed by atoms with E-state index < -0.39 is 0 Å². The van der Waals surface area contributed by atoms with Gasteiger partial charge >= 0.3 is 6.03 Å². The van der Waals surface area contributed by atoms with Gasteiger partial charge in [0, 0.05) is 56.5 Å². The van der Waals surface area contributed by atoms with E-state index in [1.807, 2.05) is 24.2 Å². The minimum atomic E-state index is -0.0867. The van der Waals surface area contributed by atoms with Crippen LogP contribution in [0.15, 0.2) is 24.7 Å². The largest absolute Gasteiger partial charge is 0.355 e.